The molecule has 3 heteroatoms. The molecule has 0 radical (unpaired) electrons. The predicted octanol–water partition coefficient (Wildman–Crippen LogP) is 2.29. The van der Waals surface area contributed by atoms with Crippen molar-refractivity contribution >= 4 is 5.91 Å². The van der Waals surface area contributed by atoms with Crippen LogP contribution in [0.15, 0.2) is 30.3 Å². The van der Waals surface area contributed by atoms with Crippen LogP contribution in [0.25, 0.3) is 0 Å². The van der Waals surface area contributed by atoms with E-state index in [0.717, 1.165) is 31.6 Å². The third-order valence-corrected chi connectivity index (χ3v) is 4.51. The number of amides is 1. The Hall–Kier alpha value is -1.35. The Bertz CT molecular complexity index is 426. The third kappa shape index (κ3) is 2.66. The van der Waals surface area contributed by atoms with Crippen molar-refractivity contribution in [2.24, 2.45) is 5.92 Å². The minimum absolute atomic E-state index is 0.224. The van der Waals surface area contributed by atoms with Crippen LogP contribution in [0.3, 0.4) is 0 Å². The molecule has 3 nitrogen and oxygen atoms in total. The largest absolute Gasteiger partial charge is 0.335 e. The molecule has 1 N–H and O–H groups in total. The summed E-state index contributed by atoms with van der Waals surface area (Å²) in [5.74, 6) is 0.915. The van der Waals surface area contributed by atoms with Crippen molar-refractivity contribution in [3.8, 4) is 0 Å². The number of hydrogen-bond acceptors (Lipinski definition) is 2. The molecule has 0 aliphatic carbocycles. The van der Waals surface area contributed by atoms with E-state index in [0.29, 0.717) is 12.0 Å². The van der Waals surface area contributed by atoms with Crippen molar-refractivity contribution in [2.45, 2.75) is 31.7 Å². The number of benzene rings is 1. The average molecular weight is 258 g/mol. The maximum absolute atomic E-state index is 12.6. The number of carbonyl (C=O) groups is 1. The smallest absolute Gasteiger partial charge is 0.254 e. The average Bonchev–Trinajstić information content (AvgIpc) is 2.98. The lowest BCUT2D eigenvalue weighted by atomic mass is 9.88. The summed E-state index contributed by atoms with van der Waals surface area (Å²) in [5, 5.41) is 3.41. The van der Waals surface area contributed by atoms with Gasteiger partial charge in [0.1, 0.15) is 0 Å². The molecule has 0 saturated carbocycles. The fourth-order valence-electron chi connectivity index (χ4n) is 3.51. The van der Waals surface area contributed by atoms with Crippen LogP contribution in [0.1, 0.15) is 36.0 Å². The van der Waals surface area contributed by atoms with E-state index in [9.17, 15) is 4.79 Å². The highest BCUT2D eigenvalue weighted by molar-refractivity contribution is 5.94. The van der Waals surface area contributed by atoms with Crippen molar-refractivity contribution < 1.29 is 4.79 Å². The first kappa shape index (κ1) is 12.7. The molecule has 2 saturated heterocycles. The van der Waals surface area contributed by atoms with Crippen LogP contribution in [0, 0.1) is 5.92 Å². The minimum atomic E-state index is 0.224. The molecule has 1 amide bonds. The van der Waals surface area contributed by atoms with Crippen LogP contribution in [-0.4, -0.2) is 36.5 Å². The molecule has 102 valence electrons. The molecule has 3 rings (SSSR count). The van der Waals surface area contributed by atoms with Crippen LogP contribution < -0.4 is 5.32 Å². The topological polar surface area (TPSA) is 32.3 Å². The summed E-state index contributed by atoms with van der Waals surface area (Å²) in [4.78, 5) is 14.7. The van der Waals surface area contributed by atoms with Crippen molar-refractivity contribution in [2.75, 3.05) is 19.6 Å². The van der Waals surface area contributed by atoms with Crippen molar-refractivity contribution in [1.82, 2.24) is 10.2 Å². The Morgan fingerprint density at radius 1 is 1.11 bits per heavy atom. The van der Waals surface area contributed by atoms with Gasteiger partial charge >= 0.3 is 0 Å². The van der Waals surface area contributed by atoms with Crippen LogP contribution in [0.4, 0.5) is 0 Å². The van der Waals surface area contributed by atoms with Gasteiger partial charge in [0.15, 0.2) is 0 Å². The highest BCUT2D eigenvalue weighted by Crippen LogP contribution is 2.30. The standard InChI is InChI=1S/C16H22N2O/c19-16(14-5-2-1-3-6-14)18-12-4-7-15(18)13-8-10-17-11-9-13/h1-3,5-6,13,15,17H,4,7-12H2. The van der Waals surface area contributed by atoms with Gasteiger partial charge in [-0.05, 0) is 56.8 Å². The Morgan fingerprint density at radius 2 is 1.84 bits per heavy atom. The highest BCUT2D eigenvalue weighted by atomic mass is 16.2. The highest BCUT2D eigenvalue weighted by Gasteiger charge is 2.35. The van der Waals surface area contributed by atoms with E-state index in [1.807, 2.05) is 30.3 Å². The van der Waals surface area contributed by atoms with E-state index >= 15 is 0 Å². The van der Waals surface area contributed by atoms with Gasteiger partial charge in [0, 0.05) is 18.2 Å². The Morgan fingerprint density at radius 3 is 2.58 bits per heavy atom. The van der Waals surface area contributed by atoms with Crippen LogP contribution >= 0.6 is 0 Å². The molecule has 1 aromatic carbocycles. The molecule has 1 atom stereocenters. The maximum atomic E-state index is 12.6. The molecule has 19 heavy (non-hydrogen) atoms. The lowest BCUT2D eigenvalue weighted by Gasteiger charge is -2.34. The normalized spacial score (nSPS) is 24.6. The second-order valence-electron chi connectivity index (χ2n) is 5.66. The lowest BCUT2D eigenvalue weighted by Crippen LogP contribution is -2.43. The SMILES string of the molecule is O=C(c1ccccc1)N1CCCC1C1CCNCC1. The molecule has 2 fully saturated rings. The molecule has 2 aliphatic heterocycles. The first-order valence-corrected chi connectivity index (χ1v) is 7.43. The third-order valence-electron chi connectivity index (χ3n) is 4.51. The summed E-state index contributed by atoms with van der Waals surface area (Å²) in [6.07, 6.45) is 4.77. The zero-order chi connectivity index (χ0) is 13.1. The van der Waals surface area contributed by atoms with Gasteiger partial charge in [-0.15, -0.1) is 0 Å². The summed E-state index contributed by atoms with van der Waals surface area (Å²) in [6, 6.07) is 10.2. The number of carbonyl (C=O) groups excluding carboxylic acids is 1. The van der Waals surface area contributed by atoms with Gasteiger partial charge in [0.2, 0.25) is 0 Å². The van der Waals surface area contributed by atoms with Gasteiger partial charge in [-0.25, -0.2) is 0 Å². The van der Waals surface area contributed by atoms with E-state index in [-0.39, 0.29) is 5.91 Å². The van der Waals surface area contributed by atoms with Crippen molar-refractivity contribution in [1.29, 1.82) is 0 Å². The molecular weight excluding hydrogens is 236 g/mol. The molecule has 0 aromatic heterocycles. The summed E-state index contributed by atoms with van der Waals surface area (Å²) in [7, 11) is 0. The van der Waals surface area contributed by atoms with Crippen LogP contribution in [-0.2, 0) is 0 Å². The summed E-state index contributed by atoms with van der Waals surface area (Å²) >= 11 is 0. The number of piperidine rings is 1. The molecule has 2 heterocycles. The summed E-state index contributed by atoms with van der Waals surface area (Å²) < 4.78 is 0. The van der Waals surface area contributed by atoms with Gasteiger partial charge in [-0.2, -0.15) is 0 Å². The molecule has 0 spiro atoms. The molecule has 2 aliphatic rings. The first-order valence-electron chi connectivity index (χ1n) is 7.43. The Kier molecular flexibility index (Phi) is 3.83. The van der Waals surface area contributed by atoms with Crippen molar-refractivity contribution in [3.63, 3.8) is 0 Å². The van der Waals surface area contributed by atoms with E-state index in [1.54, 1.807) is 0 Å². The number of likely N-dealkylation sites (tertiary alicyclic amines) is 1. The maximum Gasteiger partial charge on any atom is 0.254 e. The number of nitrogens with one attached hydrogen (secondary N) is 1. The minimum Gasteiger partial charge on any atom is -0.335 e. The Balaban J connectivity index is 1.74. The van der Waals surface area contributed by atoms with Crippen LogP contribution in [0.5, 0.6) is 0 Å². The number of nitrogens with zero attached hydrogens (tertiary/aromatic N) is 1. The molecule has 0 bridgehead atoms. The second kappa shape index (κ2) is 5.74. The molecule has 1 aromatic rings. The zero-order valence-electron chi connectivity index (χ0n) is 11.3. The van der Waals surface area contributed by atoms with E-state index in [1.165, 1.54) is 19.3 Å². The van der Waals surface area contributed by atoms with Crippen molar-refractivity contribution in [3.05, 3.63) is 35.9 Å². The van der Waals surface area contributed by atoms with Gasteiger partial charge in [0.05, 0.1) is 0 Å². The Labute approximate surface area is 115 Å². The molecular formula is C16H22N2O. The van der Waals surface area contributed by atoms with Crippen LogP contribution in [0.2, 0.25) is 0 Å². The van der Waals surface area contributed by atoms with Gasteiger partial charge in [-0.1, -0.05) is 18.2 Å². The first-order chi connectivity index (χ1) is 9.36. The number of hydrogen-bond donors (Lipinski definition) is 1. The zero-order valence-corrected chi connectivity index (χ0v) is 11.3. The van der Waals surface area contributed by atoms with Gasteiger partial charge in [-0.3, -0.25) is 4.79 Å². The quantitative estimate of drug-likeness (QED) is 0.882. The van der Waals surface area contributed by atoms with E-state index < -0.39 is 0 Å². The summed E-state index contributed by atoms with van der Waals surface area (Å²) in [5.41, 5.74) is 0.836. The number of rotatable bonds is 2. The fraction of sp³-hybridized carbons (Fsp3) is 0.562. The van der Waals surface area contributed by atoms with Gasteiger partial charge in [0.25, 0.3) is 5.91 Å². The monoisotopic (exact) mass is 258 g/mol. The summed E-state index contributed by atoms with van der Waals surface area (Å²) in [6.45, 7) is 3.14. The second-order valence-corrected chi connectivity index (χ2v) is 5.66. The van der Waals surface area contributed by atoms with Gasteiger partial charge < -0.3 is 10.2 Å². The molecule has 1 unspecified atom stereocenters. The van der Waals surface area contributed by atoms with E-state index in [4.69, 9.17) is 0 Å². The lowest BCUT2D eigenvalue weighted by molar-refractivity contribution is 0.0666. The predicted molar refractivity (Wildman–Crippen MR) is 76.1 cm³/mol. The fourth-order valence-corrected chi connectivity index (χ4v) is 3.51. The van der Waals surface area contributed by atoms with E-state index in [2.05, 4.69) is 10.2 Å².